The van der Waals surface area contributed by atoms with Gasteiger partial charge < -0.3 is 14.6 Å². The van der Waals surface area contributed by atoms with Crippen LogP contribution in [0.1, 0.15) is 13.3 Å². The molecule has 0 fully saturated rings. The SMILES string of the molecule is CCCOCC(O)COC. The summed E-state index contributed by atoms with van der Waals surface area (Å²) in [4.78, 5) is 0. The third kappa shape index (κ3) is 6.01. The van der Waals surface area contributed by atoms with E-state index in [-0.39, 0.29) is 0 Å². The van der Waals surface area contributed by atoms with Gasteiger partial charge in [0, 0.05) is 13.7 Å². The highest BCUT2D eigenvalue weighted by Gasteiger charge is 2.01. The minimum absolute atomic E-state index is 0.351. The van der Waals surface area contributed by atoms with Crippen molar-refractivity contribution in [2.24, 2.45) is 0 Å². The van der Waals surface area contributed by atoms with Crippen molar-refractivity contribution in [2.75, 3.05) is 26.9 Å². The maximum absolute atomic E-state index is 9.03. The van der Waals surface area contributed by atoms with Gasteiger partial charge in [-0.3, -0.25) is 0 Å². The third-order valence-electron chi connectivity index (χ3n) is 1.02. The van der Waals surface area contributed by atoms with E-state index in [1.807, 2.05) is 6.92 Å². The predicted molar refractivity (Wildman–Crippen MR) is 39.0 cm³/mol. The van der Waals surface area contributed by atoms with Gasteiger partial charge >= 0.3 is 0 Å². The minimum atomic E-state index is -0.475. The van der Waals surface area contributed by atoms with E-state index in [4.69, 9.17) is 14.6 Å². The van der Waals surface area contributed by atoms with Crippen LogP contribution in [0.2, 0.25) is 0 Å². The van der Waals surface area contributed by atoms with E-state index in [1.54, 1.807) is 7.11 Å². The summed E-state index contributed by atoms with van der Waals surface area (Å²) >= 11 is 0. The van der Waals surface area contributed by atoms with Crippen LogP contribution in [0.15, 0.2) is 0 Å². The lowest BCUT2D eigenvalue weighted by molar-refractivity contribution is -0.00580. The van der Waals surface area contributed by atoms with Crippen molar-refractivity contribution in [2.45, 2.75) is 19.4 Å². The Balaban J connectivity index is 2.97. The van der Waals surface area contributed by atoms with Gasteiger partial charge in [-0.05, 0) is 6.42 Å². The van der Waals surface area contributed by atoms with Crippen molar-refractivity contribution >= 4 is 0 Å². The summed E-state index contributed by atoms with van der Waals surface area (Å²) < 4.78 is 9.77. The predicted octanol–water partition coefficient (Wildman–Crippen LogP) is 0.420. The first kappa shape index (κ1) is 9.88. The summed E-state index contributed by atoms with van der Waals surface area (Å²) in [5.41, 5.74) is 0. The molecule has 0 heterocycles. The van der Waals surface area contributed by atoms with E-state index in [0.717, 1.165) is 6.42 Å². The zero-order chi connectivity index (χ0) is 7.82. The molecule has 0 aromatic rings. The standard InChI is InChI=1S/C7H16O3/c1-3-4-10-6-7(8)5-9-2/h7-8H,3-6H2,1-2H3. The summed E-state index contributed by atoms with van der Waals surface area (Å²) in [5.74, 6) is 0. The molecular weight excluding hydrogens is 132 g/mol. The zero-order valence-electron chi connectivity index (χ0n) is 6.67. The average molecular weight is 148 g/mol. The van der Waals surface area contributed by atoms with Crippen molar-refractivity contribution in [3.63, 3.8) is 0 Å². The molecule has 0 saturated heterocycles. The van der Waals surface area contributed by atoms with E-state index in [1.165, 1.54) is 0 Å². The summed E-state index contributed by atoms with van der Waals surface area (Å²) in [6.45, 7) is 3.47. The van der Waals surface area contributed by atoms with Crippen LogP contribution in [0.4, 0.5) is 0 Å². The zero-order valence-corrected chi connectivity index (χ0v) is 6.67. The number of hydrogen-bond donors (Lipinski definition) is 1. The van der Waals surface area contributed by atoms with Gasteiger partial charge in [0.05, 0.1) is 13.2 Å². The molecule has 0 aromatic heterocycles. The van der Waals surface area contributed by atoms with E-state index >= 15 is 0 Å². The first-order valence-corrected chi connectivity index (χ1v) is 3.56. The second-order valence-electron chi connectivity index (χ2n) is 2.18. The van der Waals surface area contributed by atoms with Gasteiger partial charge in [-0.25, -0.2) is 0 Å². The molecule has 0 saturated carbocycles. The molecule has 10 heavy (non-hydrogen) atoms. The van der Waals surface area contributed by atoms with Crippen molar-refractivity contribution in [1.29, 1.82) is 0 Å². The maximum atomic E-state index is 9.03. The second-order valence-corrected chi connectivity index (χ2v) is 2.18. The topological polar surface area (TPSA) is 38.7 Å². The van der Waals surface area contributed by atoms with Gasteiger partial charge in [0.1, 0.15) is 6.10 Å². The molecule has 3 nitrogen and oxygen atoms in total. The van der Waals surface area contributed by atoms with Crippen LogP contribution in [0.25, 0.3) is 0 Å². The molecule has 62 valence electrons. The fraction of sp³-hybridized carbons (Fsp3) is 1.00. The molecule has 1 unspecified atom stereocenters. The lowest BCUT2D eigenvalue weighted by Gasteiger charge is -2.08. The number of aliphatic hydroxyl groups is 1. The molecule has 0 bridgehead atoms. The Bertz CT molecular complexity index is 65.9. The van der Waals surface area contributed by atoms with Gasteiger partial charge in [-0.15, -0.1) is 0 Å². The number of hydrogen-bond acceptors (Lipinski definition) is 3. The van der Waals surface area contributed by atoms with Crippen molar-refractivity contribution in [3.05, 3.63) is 0 Å². The Morgan fingerprint density at radius 2 is 2.10 bits per heavy atom. The highest BCUT2D eigenvalue weighted by molar-refractivity contribution is 4.49. The van der Waals surface area contributed by atoms with Crippen LogP contribution in [0.3, 0.4) is 0 Å². The van der Waals surface area contributed by atoms with E-state index in [9.17, 15) is 0 Å². The number of methoxy groups -OCH3 is 1. The van der Waals surface area contributed by atoms with Crippen LogP contribution in [0, 0.1) is 0 Å². The lowest BCUT2D eigenvalue weighted by atomic mass is 10.4. The number of rotatable bonds is 6. The van der Waals surface area contributed by atoms with Crippen molar-refractivity contribution < 1.29 is 14.6 Å². The average Bonchev–Trinajstić information content (AvgIpc) is 1.89. The van der Waals surface area contributed by atoms with E-state index < -0.39 is 6.10 Å². The van der Waals surface area contributed by atoms with Crippen molar-refractivity contribution in [3.8, 4) is 0 Å². The summed E-state index contributed by atoms with van der Waals surface area (Å²) in [7, 11) is 1.56. The highest BCUT2D eigenvalue weighted by atomic mass is 16.5. The Hall–Kier alpha value is -0.120. The highest BCUT2D eigenvalue weighted by Crippen LogP contribution is 1.87. The van der Waals surface area contributed by atoms with Crippen LogP contribution in [0.5, 0.6) is 0 Å². The molecular formula is C7H16O3. The molecule has 0 amide bonds. The van der Waals surface area contributed by atoms with Crippen LogP contribution >= 0.6 is 0 Å². The maximum Gasteiger partial charge on any atom is 0.101 e. The molecule has 3 heteroatoms. The quantitative estimate of drug-likeness (QED) is 0.555. The van der Waals surface area contributed by atoms with E-state index in [2.05, 4.69) is 0 Å². The van der Waals surface area contributed by atoms with Gasteiger partial charge in [-0.1, -0.05) is 6.92 Å². The summed E-state index contributed by atoms with van der Waals surface area (Å²) in [6, 6.07) is 0. The molecule has 0 radical (unpaired) electrons. The molecule has 0 aliphatic carbocycles. The largest absolute Gasteiger partial charge is 0.388 e. The normalized spacial score (nSPS) is 13.5. The second kappa shape index (κ2) is 6.99. The van der Waals surface area contributed by atoms with Gasteiger partial charge in [0.2, 0.25) is 0 Å². The first-order chi connectivity index (χ1) is 4.81. The molecule has 0 aliphatic rings. The Labute approximate surface area is 62.0 Å². The summed E-state index contributed by atoms with van der Waals surface area (Å²) in [6.07, 6.45) is 0.510. The molecule has 0 aliphatic heterocycles. The number of aliphatic hydroxyl groups excluding tert-OH is 1. The Morgan fingerprint density at radius 3 is 2.60 bits per heavy atom. The van der Waals surface area contributed by atoms with E-state index in [0.29, 0.717) is 19.8 Å². The number of ether oxygens (including phenoxy) is 2. The first-order valence-electron chi connectivity index (χ1n) is 3.56. The van der Waals surface area contributed by atoms with Crippen LogP contribution in [-0.2, 0) is 9.47 Å². The molecule has 0 rings (SSSR count). The fourth-order valence-electron chi connectivity index (χ4n) is 0.604. The lowest BCUT2D eigenvalue weighted by Crippen LogP contribution is -2.20. The molecule has 0 aromatic carbocycles. The fourth-order valence-corrected chi connectivity index (χ4v) is 0.604. The van der Waals surface area contributed by atoms with Gasteiger partial charge in [0.25, 0.3) is 0 Å². The summed E-state index contributed by atoms with van der Waals surface area (Å²) in [5, 5.41) is 9.03. The van der Waals surface area contributed by atoms with Gasteiger partial charge in [0.15, 0.2) is 0 Å². The molecule has 1 atom stereocenters. The third-order valence-corrected chi connectivity index (χ3v) is 1.02. The van der Waals surface area contributed by atoms with Gasteiger partial charge in [-0.2, -0.15) is 0 Å². The molecule has 0 spiro atoms. The monoisotopic (exact) mass is 148 g/mol. The Kier molecular flexibility index (Phi) is 6.91. The van der Waals surface area contributed by atoms with Crippen LogP contribution in [-0.4, -0.2) is 38.1 Å². The van der Waals surface area contributed by atoms with Crippen molar-refractivity contribution in [1.82, 2.24) is 0 Å². The Morgan fingerprint density at radius 1 is 1.40 bits per heavy atom. The molecule has 1 N–H and O–H groups in total. The van der Waals surface area contributed by atoms with Crippen LogP contribution < -0.4 is 0 Å². The smallest absolute Gasteiger partial charge is 0.101 e. The minimum Gasteiger partial charge on any atom is -0.388 e.